The molecule has 3 aromatic rings. The lowest BCUT2D eigenvalue weighted by Crippen LogP contribution is -2.24. The minimum Gasteiger partial charge on any atom is -0.454 e. The first-order valence-corrected chi connectivity index (χ1v) is 8.79. The first-order chi connectivity index (χ1) is 12.5. The quantitative estimate of drug-likeness (QED) is 0.667. The minimum atomic E-state index is -0.615. The summed E-state index contributed by atoms with van der Waals surface area (Å²) in [6, 6.07) is 7.57. The van der Waals surface area contributed by atoms with Gasteiger partial charge in [-0.15, -0.1) is 10.2 Å². The van der Waals surface area contributed by atoms with Gasteiger partial charge < -0.3 is 10.1 Å². The van der Waals surface area contributed by atoms with Crippen LogP contribution in [0.25, 0.3) is 11.4 Å². The van der Waals surface area contributed by atoms with Gasteiger partial charge in [-0.2, -0.15) is 16.1 Å². The maximum Gasteiger partial charge on any atom is 0.330 e. The monoisotopic (exact) mass is 371 g/mol. The number of benzene rings is 1. The van der Waals surface area contributed by atoms with Gasteiger partial charge in [0.15, 0.2) is 13.2 Å². The van der Waals surface area contributed by atoms with E-state index in [-0.39, 0.29) is 13.2 Å². The van der Waals surface area contributed by atoms with Gasteiger partial charge in [-0.25, -0.2) is 4.79 Å². The molecule has 134 valence electrons. The van der Waals surface area contributed by atoms with Crippen molar-refractivity contribution in [3.05, 3.63) is 46.2 Å². The second kappa shape index (κ2) is 7.87. The number of tetrazole rings is 1. The summed E-state index contributed by atoms with van der Waals surface area (Å²) in [5, 5.41) is 18.3. The highest BCUT2D eigenvalue weighted by Crippen LogP contribution is 2.19. The van der Waals surface area contributed by atoms with Gasteiger partial charge in [0.2, 0.25) is 5.82 Å². The molecule has 2 heterocycles. The van der Waals surface area contributed by atoms with Crippen LogP contribution in [0.2, 0.25) is 0 Å². The number of anilines is 1. The smallest absolute Gasteiger partial charge is 0.330 e. The highest BCUT2D eigenvalue weighted by atomic mass is 32.1. The van der Waals surface area contributed by atoms with Gasteiger partial charge >= 0.3 is 5.97 Å². The molecule has 9 heteroatoms. The zero-order chi connectivity index (χ0) is 18.5. The van der Waals surface area contributed by atoms with Gasteiger partial charge in [-0.3, -0.25) is 4.79 Å². The van der Waals surface area contributed by atoms with Crippen LogP contribution >= 0.6 is 11.3 Å². The number of amides is 1. The summed E-state index contributed by atoms with van der Waals surface area (Å²) in [5.74, 6) is -0.580. The Kier molecular flexibility index (Phi) is 5.37. The lowest BCUT2D eigenvalue weighted by Gasteiger charge is -2.11. The summed E-state index contributed by atoms with van der Waals surface area (Å²) in [7, 11) is 0. The normalized spacial score (nSPS) is 10.5. The van der Waals surface area contributed by atoms with Gasteiger partial charge in [0.05, 0.1) is 0 Å². The highest BCUT2D eigenvalue weighted by molar-refractivity contribution is 7.08. The van der Waals surface area contributed by atoms with E-state index in [9.17, 15) is 9.59 Å². The third kappa shape index (κ3) is 4.31. The van der Waals surface area contributed by atoms with Gasteiger partial charge in [0.1, 0.15) is 0 Å². The largest absolute Gasteiger partial charge is 0.454 e. The van der Waals surface area contributed by atoms with E-state index in [1.807, 2.05) is 48.9 Å². The number of nitrogens with zero attached hydrogens (tertiary/aromatic N) is 4. The molecule has 8 nitrogen and oxygen atoms in total. The van der Waals surface area contributed by atoms with Crippen molar-refractivity contribution in [3.8, 4) is 11.4 Å². The van der Waals surface area contributed by atoms with Crippen LogP contribution in [0.15, 0.2) is 35.0 Å². The number of carbonyl (C=O) groups excluding carboxylic acids is 2. The standard InChI is InChI=1S/C17H17N5O3S/c1-11-4-3-5-12(2)16(11)18-14(23)9-25-15(24)8-22-20-17(19-21-22)13-6-7-26-10-13/h3-7,10H,8-9H2,1-2H3,(H,18,23). The topological polar surface area (TPSA) is 99.0 Å². The first-order valence-electron chi connectivity index (χ1n) is 7.85. The Morgan fingerprint density at radius 2 is 2.00 bits per heavy atom. The Morgan fingerprint density at radius 3 is 2.69 bits per heavy atom. The number of aromatic nitrogens is 4. The van der Waals surface area contributed by atoms with Crippen LogP contribution in [-0.4, -0.2) is 38.7 Å². The molecule has 1 N–H and O–H groups in total. The Bertz CT molecular complexity index is 900. The number of carbonyl (C=O) groups is 2. The van der Waals surface area contributed by atoms with Crippen molar-refractivity contribution in [1.29, 1.82) is 0 Å². The molecule has 0 atom stereocenters. The molecule has 1 aromatic carbocycles. The lowest BCUT2D eigenvalue weighted by atomic mass is 10.1. The fourth-order valence-corrected chi connectivity index (χ4v) is 2.95. The van der Waals surface area contributed by atoms with Crippen LogP contribution in [0.1, 0.15) is 11.1 Å². The summed E-state index contributed by atoms with van der Waals surface area (Å²) in [5.41, 5.74) is 3.45. The Morgan fingerprint density at radius 1 is 1.23 bits per heavy atom. The van der Waals surface area contributed by atoms with E-state index in [0.29, 0.717) is 5.82 Å². The molecular weight excluding hydrogens is 354 g/mol. The number of esters is 1. The minimum absolute atomic E-state index is 0.214. The van der Waals surface area contributed by atoms with E-state index < -0.39 is 11.9 Å². The summed E-state index contributed by atoms with van der Waals surface area (Å²) in [4.78, 5) is 25.0. The molecule has 0 bridgehead atoms. The number of ether oxygens (including phenoxy) is 1. The molecule has 0 radical (unpaired) electrons. The predicted octanol–water partition coefficient (Wildman–Crippen LogP) is 2.20. The lowest BCUT2D eigenvalue weighted by molar-refractivity contribution is -0.148. The predicted molar refractivity (Wildman–Crippen MR) is 96.6 cm³/mol. The number of rotatable bonds is 6. The van der Waals surface area contributed by atoms with E-state index in [0.717, 1.165) is 27.2 Å². The van der Waals surface area contributed by atoms with Crippen molar-refractivity contribution in [2.24, 2.45) is 0 Å². The van der Waals surface area contributed by atoms with Crippen molar-refractivity contribution in [2.75, 3.05) is 11.9 Å². The molecule has 0 fully saturated rings. The molecule has 0 aliphatic carbocycles. The van der Waals surface area contributed by atoms with E-state index in [2.05, 4.69) is 20.7 Å². The zero-order valence-corrected chi connectivity index (χ0v) is 15.1. The number of hydrogen-bond acceptors (Lipinski definition) is 7. The molecule has 0 unspecified atom stereocenters. The number of hydrogen-bond donors (Lipinski definition) is 1. The molecular formula is C17H17N5O3S. The summed E-state index contributed by atoms with van der Waals surface area (Å²) < 4.78 is 4.98. The van der Waals surface area contributed by atoms with E-state index in [1.54, 1.807) is 0 Å². The fourth-order valence-electron chi connectivity index (χ4n) is 2.31. The van der Waals surface area contributed by atoms with Gasteiger partial charge in [-0.1, -0.05) is 18.2 Å². The molecule has 0 aliphatic rings. The average molecular weight is 371 g/mol. The van der Waals surface area contributed by atoms with E-state index in [1.165, 1.54) is 11.3 Å². The van der Waals surface area contributed by atoms with Crippen LogP contribution in [0.5, 0.6) is 0 Å². The van der Waals surface area contributed by atoms with Crippen molar-refractivity contribution in [2.45, 2.75) is 20.4 Å². The van der Waals surface area contributed by atoms with Crippen molar-refractivity contribution in [3.63, 3.8) is 0 Å². The maximum atomic E-state index is 12.0. The number of para-hydroxylation sites is 1. The fraction of sp³-hybridized carbons (Fsp3) is 0.235. The molecule has 0 spiro atoms. The molecule has 2 aromatic heterocycles. The molecule has 0 aliphatic heterocycles. The molecule has 0 saturated heterocycles. The van der Waals surface area contributed by atoms with Crippen molar-refractivity contribution in [1.82, 2.24) is 20.2 Å². The Balaban J connectivity index is 1.50. The zero-order valence-electron chi connectivity index (χ0n) is 14.3. The number of nitrogens with one attached hydrogen (secondary N) is 1. The maximum absolute atomic E-state index is 12.0. The van der Waals surface area contributed by atoms with Crippen LogP contribution < -0.4 is 5.32 Å². The van der Waals surface area contributed by atoms with Crippen LogP contribution in [-0.2, 0) is 20.9 Å². The second-order valence-corrected chi connectivity index (χ2v) is 6.41. The van der Waals surface area contributed by atoms with Crippen LogP contribution in [0.3, 0.4) is 0 Å². The van der Waals surface area contributed by atoms with E-state index >= 15 is 0 Å². The summed E-state index contributed by atoms with van der Waals surface area (Å²) >= 11 is 1.52. The first kappa shape index (κ1) is 17.7. The van der Waals surface area contributed by atoms with Gasteiger partial charge in [0.25, 0.3) is 5.91 Å². The SMILES string of the molecule is Cc1cccc(C)c1NC(=O)COC(=O)Cn1nnc(-c2ccsc2)n1. The third-order valence-corrected chi connectivity index (χ3v) is 4.30. The van der Waals surface area contributed by atoms with E-state index in [4.69, 9.17) is 4.74 Å². The van der Waals surface area contributed by atoms with Crippen LogP contribution in [0, 0.1) is 13.8 Å². The van der Waals surface area contributed by atoms with Crippen molar-refractivity contribution >= 4 is 28.9 Å². The summed E-state index contributed by atoms with van der Waals surface area (Å²) in [6.07, 6.45) is 0. The second-order valence-electron chi connectivity index (χ2n) is 5.63. The summed E-state index contributed by atoms with van der Waals surface area (Å²) in [6.45, 7) is 3.21. The molecule has 26 heavy (non-hydrogen) atoms. The molecule has 1 amide bonds. The average Bonchev–Trinajstić information content (AvgIpc) is 3.28. The van der Waals surface area contributed by atoms with Gasteiger partial charge in [0, 0.05) is 16.6 Å². The van der Waals surface area contributed by atoms with Crippen LogP contribution in [0.4, 0.5) is 5.69 Å². The third-order valence-electron chi connectivity index (χ3n) is 3.61. The Labute approximate surface area is 153 Å². The molecule has 3 rings (SSSR count). The number of thiophene rings is 1. The highest BCUT2D eigenvalue weighted by Gasteiger charge is 2.13. The van der Waals surface area contributed by atoms with Gasteiger partial charge in [-0.05, 0) is 41.6 Å². The molecule has 0 saturated carbocycles. The van der Waals surface area contributed by atoms with Crippen molar-refractivity contribution < 1.29 is 14.3 Å². The Hall–Kier alpha value is -3.07. The number of aryl methyl sites for hydroxylation is 2.